The summed E-state index contributed by atoms with van der Waals surface area (Å²) in [5.41, 5.74) is 17.2. The average Bonchev–Trinajstić information content (AvgIpc) is 3.95. The highest BCUT2D eigenvalue weighted by molar-refractivity contribution is 7.26. The molecule has 0 amide bonds. The Hall–Kier alpha value is -7.20. The topological polar surface area (TPSA) is 9.86 Å². The third-order valence-corrected chi connectivity index (χ3v) is 13.7. The molecule has 0 saturated carbocycles. The van der Waals surface area contributed by atoms with Gasteiger partial charge in [-0.25, -0.2) is 0 Å². The molecule has 3 aromatic heterocycles. The molecule has 0 aliphatic carbocycles. The van der Waals surface area contributed by atoms with Gasteiger partial charge in [-0.15, -0.1) is 11.3 Å². The van der Waals surface area contributed by atoms with E-state index >= 15 is 0 Å². The summed E-state index contributed by atoms with van der Waals surface area (Å²) in [6.07, 6.45) is 0. The second-order valence-electron chi connectivity index (χ2n) is 15.7. The Labute approximate surface area is 346 Å². The van der Waals surface area contributed by atoms with E-state index in [4.69, 9.17) is 0 Å². The maximum atomic E-state index is 2.50. The van der Waals surface area contributed by atoms with Crippen LogP contribution >= 0.6 is 11.3 Å². The molecule has 12 rings (SSSR count). The summed E-state index contributed by atoms with van der Waals surface area (Å²) >= 11 is 1.90. The molecule has 59 heavy (non-hydrogen) atoms. The minimum Gasteiger partial charge on any atom is -0.309 e. The first kappa shape index (κ1) is 33.9. The lowest BCUT2D eigenvalue weighted by Gasteiger charge is -2.19. The Bertz CT molecular complexity index is 3640. The minimum atomic E-state index is 1.16. The van der Waals surface area contributed by atoms with Crippen molar-refractivity contribution in [2.75, 3.05) is 0 Å². The second kappa shape index (κ2) is 13.2. The van der Waals surface area contributed by atoms with Crippen LogP contribution in [-0.4, -0.2) is 9.13 Å². The van der Waals surface area contributed by atoms with Gasteiger partial charge in [-0.05, 0) is 119 Å². The number of para-hydroxylation sites is 3. The van der Waals surface area contributed by atoms with Crippen molar-refractivity contribution >= 4 is 75.1 Å². The van der Waals surface area contributed by atoms with Crippen molar-refractivity contribution in [3.8, 4) is 44.8 Å². The van der Waals surface area contributed by atoms with Gasteiger partial charge in [-0.2, -0.15) is 0 Å². The number of benzene rings is 9. The van der Waals surface area contributed by atoms with Gasteiger partial charge in [0.2, 0.25) is 0 Å². The molecular formula is C56H38N2S. The molecule has 0 bridgehead atoms. The first-order valence-electron chi connectivity index (χ1n) is 20.4. The molecule has 3 heterocycles. The number of rotatable bonds is 5. The van der Waals surface area contributed by atoms with E-state index in [0.29, 0.717) is 0 Å². The highest BCUT2D eigenvalue weighted by atomic mass is 32.1. The van der Waals surface area contributed by atoms with Gasteiger partial charge in [0.05, 0.1) is 22.1 Å². The maximum Gasteiger partial charge on any atom is 0.0547 e. The van der Waals surface area contributed by atoms with Gasteiger partial charge >= 0.3 is 0 Å². The molecule has 9 aromatic carbocycles. The zero-order chi connectivity index (χ0) is 39.2. The van der Waals surface area contributed by atoms with Crippen LogP contribution in [0.3, 0.4) is 0 Å². The van der Waals surface area contributed by atoms with Crippen molar-refractivity contribution in [1.82, 2.24) is 9.13 Å². The zero-order valence-electron chi connectivity index (χ0n) is 32.8. The number of hydrogen-bond donors (Lipinski definition) is 0. The molecule has 0 unspecified atom stereocenters. The Morgan fingerprint density at radius 3 is 1.76 bits per heavy atom. The summed E-state index contributed by atoms with van der Waals surface area (Å²) in [4.78, 5) is 0. The number of nitrogens with zero attached hydrogens (tertiary/aromatic N) is 2. The molecule has 0 spiro atoms. The molecule has 0 radical (unpaired) electrons. The highest BCUT2D eigenvalue weighted by Crippen LogP contribution is 2.46. The van der Waals surface area contributed by atoms with Crippen LogP contribution in [0.1, 0.15) is 11.1 Å². The summed E-state index contributed by atoms with van der Waals surface area (Å²) in [5.74, 6) is 0. The standard InChI is InChI=1S/C56H38N2S/c1-35-16-6-7-19-40(35)47-33-39(34-48(36(47)2)45-25-14-24-44-43-21-10-13-29-54(43)59-56(44)45)58-51-27-12-9-22-46(51)55-41(23-15-28-53(55)58)37-30-31-52-49(32-37)42-20-8-11-26-50(42)57(52)38-17-4-3-5-18-38/h3-34H,1-2H3. The third-order valence-electron chi connectivity index (χ3n) is 12.5. The molecule has 0 aliphatic rings. The van der Waals surface area contributed by atoms with E-state index in [2.05, 4.69) is 217 Å². The molecule has 3 heteroatoms. The Kier molecular flexibility index (Phi) is 7.57. The zero-order valence-corrected chi connectivity index (χ0v) is 33.6. The molecule has 12 aromatic rings. The molecule has 0 saturated heterocycles. The molecule has 0 N–H and O–H groups in total. The molecule has 278 valence electrons. The average molecular weight is 771 g/mol. The van der Waals surface area contributed by atoms with Crippen LogP contribution in [0.4, 0.5) is 0 Å². The van der Waals surface area contributed by atoms with E-state index in [-0.39, 0.29) is 0 Å². The van der Waals surface area contributed by atoms with Crippen molar-refractivity contribution in [3.05, 3.63) is 205 Å². The van der Waals surface area contributed by atoms with E-state index < -0.39 is 0 Å². The fourth-order valence-electron chi connectivity index (χ4n) is 9.76. The van der Waals surface area contributed by atoms with Gasteiger partial charge < -0.3 is 9.13 Å². The molecule has 2 nitrogen and oxygen atoms in total. The predicted molar refractivity (Wildman–Crippen MR) is 254 cm³/mol. The summed E-state index contributed by atoms with van der Waals surface area (Å²) in [5, 5.41) is 7.66. The van der Waals surface area contributed by atoms with Gasteiger partial charge in [-0.3, -0.25) is 0 Å². The summed E-state index contributed by atoms with van der Waals surface area (Å²) in [6, 6.07) is 71.6. The Balaban J connectivity index is 1.13. The lowest BCUT2D eigenvalue weighted by Crippen LogP contribution is -1.99. The van der Waals surface area contributed by atoms with Crippen molar-refractivity contribution in [1.29, 1.82) is 0 Å². The lowest BCUT2D eigenvalue weighted by atomic mass is 9.89. The number of aromatic nitrogens is 2. The SMILES string of the molecule is Cc1ccccc1-c1cc(-n2c3ccccc3c3c(-c4ccc5c(c4)c4ccccc4n5-c4ccccc4)cccc32)cc(-c2cccc3c2sc2ccccc23)c1C. The van der Waals surface area contributed by atoms with E-state index in [1.165, 1.54) is 114 Å². The van der Waals surface area contributed by atoms with Gasteiger partial charge in [0, 0.05) is 53.1 Å². The van der Waals surface area contributed by atoms with E-state index in [0.717, 1.165) is 5.69 Å². The quantitative estimate of drug-likeness (QED) is 0.165. The van der Waals surface area contributed by atoms with E-state index in [9.17, 15) is 0 Å². The van der Waals surface area contributed by atoms with Crippen LogP contribution in [0.25, 0.3) is 109 Å². The summed E-state index contributed by atoms with van der Waals surface area (Å²) in [6.45, 7) is 4.54. The van der Waals surface area contributed by atoms with Crippen molar-refractivity contribution < 1.29 is 0 Å². The second-order valence-corrected chi connectivity index (χ2v) is 16.8. The van der Waals surface area contributed by atoms with Crippen molar-refractivity contribution in [2.45, 2.75) is 13.8 Å². The molecule has 0 aliphatic heterocycles. The normalized spacial score (nSPS) is 11.9. The first-order chi connectivity index (χ1) is 29.1. The van der Waals surface area contributed by atoms with Gasteiger partial charge in [-0.1, -0.05) is 133 Å². The summed E-state index contributed by atoms with van der Waals surface area (Å²) < 4.78 is 7.55. The summed E-state index contributed by atoms with van der Waals surface area (Å²) in [7, 11) is 0. The van der Waals surface area contributed by atoms with E-state index in [1.807, 2.05) is 11.3 Å². The molecule has 0 atom stereocenters. The van der Waals surface area contributed by atoms with Crippen LogP contribution in [0.5, 0.6) is 0 Å². The van der Waals surface area contributed by atoms with Crippen LogP contribution < -0.4 is 0 Å². The van der Waals surface area contributed by atoms with Gasteiger partial charge in [0.15, 0.2) is 0 Å². The Morgan fingerprint density at radius 1 is 0.356 bits per heavy atom. The van der Waals surface area contributed by atoms with Crippen LogP contribution in [0.15, 0.2) is 194 Å². The number of fused-ring (bicyclic) bond motifs is 9. The van der Waals surface area contributed by atoms with Crippen molar-refractivity contribution in [3.63, 3.8) is 0 Å². The first-order valence-corrected chi connectivity index (χ1v) is 21.2. The minimum absolute atomic E-state index is 1.16. The van der Waals surface area contributed by atoms with Crippen LogP contribution in [-0.2, 0) is 0 Å². The van der Waals surface area contributed by atoms with Crippen LogP contribution in [0, 0.1) is 13.8 Å². The largest absolute Gasteiger partial charge is 0.309 e. The van der Waals surface area contributed by atoms with Gasteiger partial charge in [0.1, 0.15) is 0 Å². The number of aryl methyl sites for hydroxylation is 1. The monoisotopic (exact) mass is 770 g/mol. The predicted octanol–water partition coefficient (Wildman–Crippen LogP) is 15.9. The number of hydrogen-bond acceptors (Lipinski definition) is 1. The van der Waals surface area contributed by atoms with Crippen LogP contribution in [0.2, 0.25) is 0 Å². The van der Waals surface area contributed by atoms with Crippen molar-refractivity contribution in [2.24, 2.45) is 0 Å². The highest BCUT2D eigenvalue weighted by Gasteiger charge is 2.22. The third kappa shape index (κ3) is 5.11. The molecular weight excluding hydrogens is 733 g/mol. The maximum absolute atomic E-state index is 2.50. The lowest BCUT2D eigenvalue weighted by molar-refractivity contribution is 1.18. The van der Waals surface area contributed by atoms with E-state index in [1.54, 1.807) is 0 Å². The Morgan fingerprint density at radius 2 is 0.932 bits per heavy atom. The molecule has 0 fully saturated rings. The smallest absolute Gasteiger partial charge is 0.0547 e. The number of thiophene rings is 1. The fraction of sp³-hybridized carbons (Fsp3) is 0.0357. The fourth-order valence-corrected chi connectivity index (χ4v) is 11.0. The van der Waals surface area contributed by atoms with Gasteiger partial charge in [0.25, 0.3) is 0 Å².